The Morgan fingerprint density at radius 1 is 1.30 bits per heavy atom. The van der Waals surface area contributed by atoms with Crippen molar-refractivity contribution in [3.8, 4) is 0 Å². The molecular weight excluding hydrogens is 288 g/mol. The van der Waals surface area contributed by atoms with Gasteiger partial charge in [-0.2, -0.15) is 0 Å². The molecule has 0 radical (unpaired) electrons. The van der Waals surface area contributed by atoms with Crippen LogP contribution in [0, 0.1) is 17.8 Å². The maximum Gasteiger partial charge on any atom is 0.220 e. The van der Waals surface area contributed by atoms with Crippen molar-refractivity contribution in [2.75, 3.05) is 19.6 Å². The molecule has 1 amide bonds. The highest BCUT2D eigenvalue weighted by Crippen LogP contribution is 2.49. The molecule has 1 aromatic heterocycles. The van der Waals surface area contributed by atoms with E-state index in [9.17, 15) is 4.79 Å². The highest BCUT2D eigenvalue weighted by Gasteiger charge is 2.40. The predicted octanol–water partition coefficient (Wildman–Crippen LogP) is 3.36. The monoisotopic (exact) mass is 316 g/mol. The Labute approximate surface area is 138 Å². The van der Waals surface area contributed by atoms with Gasteiger partial charge in [0.25, 0.3) is 0 Å². The summed E-state index contributed by atoms with van der Waals surface area (Å²) in [6.07, 6.45) is 10.4. The Morgan fingerprint density at radius 3 is 2.83 bits per heavy atom. The first kappa shape index (κ1) is 15.3. The van der Waals surface area contributed by atoms with Crippen molar-refractivity contribution >= 4 is 5.91 Å². The Bertz CT molecular complexity index is 521. The highest BCUT2D eigenvalue weighted by molar-refractivity contribution is 5.76. The molecule has 126 valence electrons. The number of carbonyl (C=O) groups excluding carboxylic acids is 1. The zero-order valence-corrected chi connectivity index (χ0v) is 13.9. The fourth-order valence-corrected chi connectivity index (χ4v) is 5.09. The largest absolute Gasteiger partial charge is 0.468 e. The number of amides is 1. The van der Waals surface area contributed by atoms with Gasteiger partial charge in [-0.15, -0.1) is 0 Å². The van der Waals surface area contributed by atoms with E-state index in [0.29, 0.717) is 12.5 Å². The van der Waals surface area contributed by atoms with Crippen LogP contribution in [0.4, 0.5) is 0 Å². The minimum Gasteiger partial charge on any atom is -0.468 e. The van der Waals surface area contributed by atoms with E-state index in [2.05, 4.69) is 10.2 Å². The van der Waals surface area contributed by atoms with Crippen LogP contribution in [0.2, 0.25) is 0 Å². The molecule has 2 aliphatic carbocycles. The van der Waals surface area contributed by atoms with Crippen LogP contribution in [0.15, 0.2) is 22.8 Å². The summed E-state index contributed by atoms with van der Waals surface area (Å²) in [6.45, 7) is 2.88. The Balaban J connectivity index is 1.31. The predicted molar refractivity (Wildman–Crippen MR) is 88.8 cm³/mol. The van der Waals surface area contributed by atoms with Crippen molar-refractivity contribution in [1.82, 2.24) is 10.2 Å². The summed E-state index contributed by atoms with van der Waals surface area (Å²) in [6, 6.07) is 4.16. The SMILES string of the molecule is O=C(C[C@@H]1C[C@H]2CC[C@H]1C2)NC[C@@H](c1ccco1)N1CCCC1. The first-order chi connectivity index (χ1) is 11.3. The number of fused-ring (bicyclic) bond motifs is 2. The fourth-order valence-electron chi connectivity index (χ4n) is 5.09. The molecule has 0 spiro atoms. The number of furan rings is 1. The number of carbonyl (C=O) groups is 1. The van der Waals surface area contributed by atoms with Gasteiger partial charge in [0.1, 0.15) is 5.76 Å². The van der Waals surface area contributed by atoms with E-state index in [0.717, 1.165) is 37.1 Å². The van der Waals surface area contributed by atoms with Crippen LogP contribution < -0.4 is 5.32 Å². The molecule has 1 aliphatic heterocycles. The molecule has 4 atom stereocenters. The van der Waals surface area contributed by atoms with Crippen LogP contribution in [-0.2, 0) is 4.79 Å². The number of hydrogen-bond acceptors (Lipinski definition) is 3. The smallest absolute Gasteiger partial charge is 0.220 e. The molecular formula is C19H28N2O2. The van der Waals surface area contributed by atoms with Crippen LogP contribution in [0.25, 0.3) is 0 Å². The summed E-state index contributed by atoms with van der Waals surface area (Å²) in [4.78, 5) is 14.8. The number of likely N-dealkylation sites (tertiary alicyclic amines) is 1. The van der Waals surface area contributed by atoms with Crippen molar-refractivity contribution in [2.45, 2.75) is 51.0 Å². The summed E-state index contributed by atoms with van der Waals surface area (Å²) < 4.78 is 5.62. The lowest BCUT2D eigenvalue weighted by molar-refractivity contribution is -0.122. The van der Waals surface area contributed by atoms with E-state index < -0.39 is 0 Å². The number of rotatable bonds is 6. The van der Waals surface area contributed by atoms with Gasteiger partial charge in [-0.3, -0.25) is 9.69 Å². The Kier molecular flexibility index (Phi) is 4.43. The van der Waals surface area contributed by atoms with Crippen LogP contribution in [-0.4, -0.2) is 30.4 Å². The maximum atomic E-state index is 12.4. The second-order valence-electron chi connectivity index (χ2n) is 7.72. The standard InChI is InChI=1S/C19H28N2O2/c22-19(12-16-11-14-5-6-15(16)10-14)20-13-17(18-4-3-9-23-18)21-7-1-2-8-21/h3-4,9,14-17H,1-2,5-8,10-13H2,(H,20,22)/t14-,15-,16-,17-/m0/s1. The van der Waals surface area contributed by atoms with Gasteiger partial charge in [0.05, 0.1) is 12.3 Å². The summed E-state index contributed by atoms with van der Waals surface area (Å²) in [5.41, 5.74) is 0. The summed E-state index contributed by atoms with van der Waals surface area (Å²) in [7, 11) is 0. The lowest BCUT2D eigenvalue weighted by Crippen LogP contribution is -2.37. The Morgan fingerprint density at radius 2 is 2.17 bits per heavy atom. The van der Waals surface area contributed by atoms with Crippen molar-refractivity contribution in [2.24, 2.45) is 17.8 Å². The molecule has 3 aliphatic rings. The van der Waals surface area contributed by atoms with Gasteiger partial charge in [-0.25, -0.2) is 0 Å². The average Bonchev–Trinajstić information content (AvgIpc) is 3.33. The molecule has 4 heteroatoms. The van der Waals surface area contributed by atoms with Crippen molar-refractivity contribution < 1.29 is 9.21 Å². The highest BCUT2D eigenvalue weighted by atomic mass is 16.3. The zero-order valence-electron chi connectivity index (χ0n) is 13.9. The normalized spacial score (nSPS) is 31.6. The summed E-state index contributed by atoms with van der Waals surface area (Å²) in [5.74, 6) is 3.59. The van der Waals surface area contributed by atoms with Crippen molar-refractivity contribution in [3.63, 3.8) is 0 Å². The van der Waals surface area contributed by atoms with Gasteiger partial charge in [-0.05, 0) is 75.1 Å². The molecule has 2 saturated carbocycles. The van der Waals surface area contributed by atoms with E-state index in [1.54, 1.807) is 6.26 Å². The third-order valence-electron chi connectivity index (χ3n) is 6.28. The molecule has 1 saturated heterocycles. The quantitative estimate of drug-likeness (QED) is 0.875. The number of nitrogens with one attached hydrogen (secondary N) is 1. The minimum atomic E-state index is 0.191. The van der Waals surface area contributed by atoms with Crippen molar-refractivity contribution in [3.05, 3.63) is 24.2 Å². The van der Waals surface area contributed by atoms with E-state index in [-0.39, 0.29) is 11.9 Å². The van der Waals surface area contributed by atoms with Gasteiger partial charge >= 0.3 is 0 Å². The second-order valence-corrected chi connectivity index (χ2v) is 7.72. The van der Waals surface area contributed by atoms with E-state index >= 15 is 0 Å². The number of hydrogen-bond donors (Lipinski definition) is 1. The summed E-state index contributed by atoms with van der Waals surface area (Å²) in [5, 5.41) is 3.19. The molecule has 2 bridgehead atoms. The first-order valence-corrected chi connectivity index (χ1v) is 9.34. The van der Waals surface area contributed by atoms with Gasteiger partial charge in [0.15, 0.2) is 0 Å². The molecule has 4 rings (SSSR count). The Hall–Kier alpha value is -1.29. The van der Waals surface area contributed by atoms with Gasteiger partial charge in [0.2, 0.25) is 5.91 Å². The van der Waals surface area contributed by atoms with Crippen LogP contribution in [0.1, 0.15) is 56.7 Å². The molecule has 0 unspecified atom stereocenters. The average molecular weight is 316 g/mol. The van der Waals surface area contributed by atoms with Crippen molar-refractivity contribution in [1.29, 1.82) is 0 Å². The lowest BCUT2D eigenvalue weighted by atomic mass is 9.86. The molecule has 4 nitrogen and oxygen atoms in total. The fraction of sp³-hybridized carbons (Fsp3) is 0.737. The number of nitrogens with zero attached hydrogens (tertiary/aromatic N) is 1. The third kappa shape index (κ3) is 3.32. The van der Waals surface area contributed by atoms with Gasteiger partial charge in [-0.1, -0.05) is 6.42 Å². The molecule has 2 heterocycles. The topological polar surface area (TPSA) is 45.5 Å². The van der Waals surface area contributed by atoms with Crippen LogP contribution >= 0.6 is 0 Å². The second kappa shape index (κ2) is 6.68. The van der Waals surface area contributed by atoms with Crippen LogP contribution in [0.3, 0.4) is 0 Å². The lowest BCUT2D eigenvalue weighted by Gasteiger charge is -2.27. The maximum absolute atomic E-state index is 12.4. The van der Waals surface area contributed by atoms with Gasteiger partial charge < -0.3 is 9.73 Å². The zero-order chi connectivity index (χ0) is 15.6. The minimum absolute atomic E-state index is 0.191. The molecule has 1 N–H and O–H groups in total. The van der Waals surface area contributed by atoms with E-state index in [1.165, 1.54) is 38.5 Å². The molecule has 3 fully saturated rings. The molecule has 1 aromatic rings. The van der Waals surface area contributed by atoms with Crippen LogP contribution in [0.5, 0.6) is 0 Å². The summed E-state index contributed by atoms with van der Waals surface area (Å²) >= 11 is 0. The molecule has 23 heavy (non-hydrogen) atoms. The van der Waals surface area contributed by atoms with E-state index in [1.807, 2.05) is 12.1 Å². The van der Waals surface area contributed by atoms with Gasteiger partial charge in [0, 0.05) is 13.0 Å². The van der Waals surface area contributed by atoms with E-state index in [4.69, 9.17) is 4.42 Å². The third-order valence-corrected chi connectivity index (χ3v) is 6.28. The first-order valence-electron chi connectivity index (χ1n) is 9.34. The molecule has 0 aromatic carbocycles.